The second-order valence-electron chi connectivity index (χ2n) is 4.84. The third-order valence-corrected chi connectivity index (χ3v) is 3.37. The first kappa shape index (κ1) is 14.5. The summed E-state index contributed by atoms with van der Waals surface area (Å²) in [4.78, 5) is 13.9. The minimum atomic E-state index is -0.237. The minimum Gasteiger partial charge on any atom is -0.460 e. The second kappa shape index (κ2) is 7.63. The Morgan fingerprint density at radius 1 is 1.45 bits per heavy atom. The molecule has 0 spiro atoms. The molecule has 0 aromatic heterocycles. The summed E-state index contributed by atoms with van der Waals surface area (Å²) in [6.07, 6.45) is 0.430. The maximum absolute atomic E-state index is 11.9. The standard InChI is InChI=1S/C15H19N3O2/c16-7-6-14-10-17-8-9-18(14)11-15(19)20-12-13-4-2-1-3-5-13/h1-5,14,17H,6,8-12H2/t14-/m0/s1. The van der Waals surface area contributed by atoms with Gasteiger partial charge in [-0.2, -0.15) is 5.26 Å². The van der Waals surface area contributed by atoms with Crippen LogP contribution >= 0.6 is 0 Å². The predicted molar refractivity (Wildman–Crippen MR) is 74.7 cm³/mol. The quantitative estimate of drug-likeness (QED) is 0.808. The molecular weight excluding hydrogens is 254 g/mol. The maximum Gasteiger partial charge on any atom is 0.320 e. The lowest BCUT2D eigenvalue weighted by molar-refractivity contribution is -0.147. The van der Waals surface area contributed by atoms with Gasteiger partial charge >= 0.3 is 5.97 Å². The first-order valence-corrected chi connectivity index (χ1v) is 6.81. The number of benzene rings is 1. The van der Waals surface area contributed by atoms with Gasteiger partial charge in [-0.3, -0.25) is 9.69 Å². The topological polar surface area (TPSA) is 65.4 Å². The van der Waals surface area contributed by atoms with Crippen LogP contribution in [0, 0.1) is 11.3 Å². The average molecular weight is 273 g/mol. The molecule has 1 saturated heterocycles. The third-order valence-electron chi connectivity index (χ3n) is 3.37. The first-order chi connectivity index (χ1) is 9.79. The van der Waals surface area contributed by atoms with Crippen LogP contribution in [0.3, 0.4) is 0 Å². The van der Waals surface area contributed by atoms with Crippen LogP contribution in [0.2, 0.25) is 0 Å². The number of hydrogen-bond acceptors (Lipinski definition) is 5. The van der Waals surface area contributed by atoms with Crippen LogP contribution in [0.4, 0.5) is 0 Å². The molecule has 1 aliphatic heterocycles. The van der Waals surface area contributed by atoms with Crippen LogP contribution in [0.5, 0.6) is 0 Å². The molecule has 1 aromatic carbocycles. The molecule has 106 valence electrons. The van der Waals surface area contributed by atoms with E-state index in [9.17, 15) is 4.79 Å². The van der Waals surface area contributed by atoms with Gasteiger partial charge in [-0.25, -0.2) is 0 Å². The summed E-state index contributed by atoms with van der Waals surface area (Å²) in [5.74, 6) is -0.237. The molecule has 5 nitrogen and oxygen atoms in total. The largest absolute Gasteiger partial charge is 0.460 e. The number of hydrogen-bond donors (Lipinski definition) is 1. The highest BCUT2D eigenvalue weighted by atomic mass is 16.5. The molecule has 0 unspecified atom stereocenters. The lowest BCUT2D eigenvalue weighted by Gasteiger charge is -2.33. The molecular formula is C15H19N3O2. The number of nitrogens with zero attached hydrogens (tertiary/aromatic N) is 2. The zero-order valence-electron chi connectivity index (χ0n) is 11.4. The first-order valence-electron chi connectivity index (χ1n) is 6.81. The fourth-order valence-electron chi connectivity index (χ4n) is 2.27. The zero-order valence-corrected chi connectivity index (χ0v) is 11.4. The Morgan fingerprint density at radius 2 is 2.25 bits per heavy atom. The van der Waals surface area contributed by atoms with Gasteiger partial charge in [-0.15, -0.1) is 0 Å². The summed E-state index contributed by atoms with van der Waals surface area (Å²) in [5, 5.41) is 12.0. The summed E-state index contributed by atoms with van der Waals surface area (Å²) >= 11 is 0. The SMILES string of the molecule is N#CC[C@H]1CNCCN1CC(=O)OCc1ccccc1. The molecule has 1 aliphatic rings. The van der Waals surface area contributed by atoms with Gasteiger partial charge in [0.05, 0.1) is 19.0 Å². The van der Waals surface area contributed by atoms with Crippen molar-refractivity contribution in [3.8, 4) is 6.07 Å². The van der Waals surface area contributed by atoms with Crippen molar-refractivity contribution >= 4 is 5.97 Å². The van der Waals surface area contributed by atoms with Crippen molar-refractivity contribution in [2.24, 2.45) is 0 Å². The highest BCUT2D eigenvalue weighted by Crippen LogP contribution is 2.08. The molecule has 1 N–H and O–H groups in total. The lowest BCUT2D eigenvalue weighted by Crippen LogP contribution is -2.52. The van der Waals surface area contributed by atoms with Crippen LogP contribution in [0.25, 0.3) is 0 Å². The molecule has 20 heavy (non-hydrogen) atoms. The van der Waals surface area contributed by atoms with E-state index in [2.05, 4.69) is 11.4 Å². The Labute approximate surface area is 119 Å². The summed E-state index contributed by atoms with van der Waals surface area (Å²) in [6.45, 7) is 2.91. The zero-order chi connectivity index (χ0) is 14.2. The van der Waals surface area contributed by atoms with Crippen molar-refractivity contribution in [3.63, 3.8) is 0 Å². The van der Waals surface area contributed by atoms with E-state index in [0.29, 0.717) is 13.0 Å². The van der Waals surface area contributed by atoms with Gasteiger partial charge in [0, 0.05) is 25.7 Å². The molecule has 5 heteroatoms. The lowest BCUT2D eigenvalue weighted by atomic mass is 10.1. The summed E-state index contributed by atoms with van der Waals surface area (Å²) in [6, 6.07) is 11.9. The van der Waals surface area contributed by atoms with E-state index in [4.69, 9.17) is 10.00 Å². The summed E-state index contributed by atoms with van der Waals surface area (Å²) in [7, 11) is 0. The maximum atomic E-state index is 11.9. The highest BCUT2D eigenvalue weighted by Gasteiger charge is 2.24. The van der Waals surface area contributed by atoms with E-state index >= 15 is 0 Å². The second-order valence-corrected chi connectivity index (χ2v) is 4.84. The van der Waals surface area contributed by atoms with Crippen molar-refractivity contribution in [2.75, 3.05) is 26.2 Å². The van der Waals surface area contributed by atoms with Crippen LogP contribution in [-0.4, -0.2) is 43.1 Å². The number of ether oxygens (including phenoxy) is 1. The van der Waals surface area contributed by atoms with E-state index in [0.717, 1.165) is 25.2 Å². The fraction of sp³-hybridized carbons (Fsp3) is 0.467. The van der Waals surface area contributed by atoms with Gasteiger partial charge < -0.3 is 10.1 Å². The van der Waals surface area contributed by atoms with Crippen molar-refractivity contribution in [1.82, 2.24) is 10.2 Å². The number of rotatable bonds is 5. The molecule has 1 fully saturated rings. The third kappa shape index (κ3) is 4.34. The van der Waals surface area contributed by atoms with E-state index in [1.54, 1.807) is 0 Å². The van der Waals surface area contributed by atoms with Crippen molar-refractivity contribution in [1.29, 1.82) is 5.26 Å². The molecule has 0 saturated carbocycles. The monoisotopic (exact) mass is 273 g/mol. The van der Waals surface area contributed by atoms with Gasteiger partial charge in [0.1, 0.15) is 6.61 Å². The number of carbonyl (C=O) groups excluding carboxylic acids is 1. The Balaban J connectivity index is 1.79. The molecule has 0 bridgehead atoms. The number of esters is 1. The van der Waals surface area contributed by atoms with Gasteiger partial charge in [-0.1, -0.05) is 30.3 Å². The van der Waals surface area contributed by atoms with Crippen LogP contribution in [0.15, 0.2) is 30.3 Å². The van der Waals surface area contributed by atoms with Crippen molar-refractivity contribution in [2.45, 2.75) is 19.1 Å². The van der Waals surface area contributed by atoms with E-state index < -0.39 is 0 Å². The van der Waals surface area contributed by atoms with Gasteiger partial charge in [0.15, 0.2) is 0 Å². The minimum absolute atomic E-state index is 0.0954. The molecule has 0 aliphatic carbocycles. The number of nitriles is 1. The normalized spacial score (nSPS) is 19.2. The van der Waals surface area contributed by atoms with Crippen molar-refractivity contribution in [3.05, 3.63) is 35.9 Å². The predicted octanol–water partition coefficient (Wildman–Crippen LogP) is 0.917. The van der Waals surface area contributed by atoms with Gasteiger partial charge in [0.2, 0.25) is 0 Å². The molecule has 0 radical (unpaired) electrons. The number of nitrogens with one attached hydrogen (secondary N) is 1. The number of carbonyl (C=O) groups is 1. The van der Waals surface area contributed by atoms with E-state index in [-0.39, 0.29) is 18.6 Å². The molecule has 1 aromatic rings. The Kier molecular flexibility index (Phi) is 5.54. The molecule has 2 rings (SSSR count). The van der Waals surface area contributed by atoms with Crippen LogP contribution in [-0.2, 0) is 16.1 Å². The van der Waals surface area contributed by atoms with Crippen LogP contribution < -0.4 is 5.32 Å². The molecule has 0 amide bonds. The smallest absolute Gasteiger partial charge is 0.320 e. The van der Waals surface area contributed by atoms with Crippen LogP contribution in [0.1, 0.15) is 12.0 Å². The Bertz CT molecular complexity index is 470. The average Bonchev–Trinajstić information content (AvgIpc) is 2.49. The summed E-state index contributed by atoms with van der Waals surface area (Å²) < 4.78 is 5.27. The Morgan fingerprint density at radius 3 is 3.00 bits per heavy atom. The summed E-state index contributed by atoms with van der Waals surface area (Å²) in [5.41, 5.74) is 0.981. The molecule has 1 heterocycles. The van der Waals surface area contributed by atoms with Gasteiger partial charge in [0.25, 0.3) is 0 Å². The van der Waals surface area contributed by atoms with Gasteiger partial charge in [-0.05, 0) is 5.56 Å². The number of piperazine rings is 1. The van der Waals surface area contributed by atoms with Crippen molar-refractivity contribution < 1.29 is 9.53 Å². The highest BCUT2D eigenvalue weighted by molar-refractivity contribution is 5.71. The Hall–Kier alpha value is -1.90. The van der Waals surface area contributed by atoms with E-state index in [1.807, 2.05) is 35.2 Å². The molecule has 1 atom stereocenters. The fourth-order valence-corrected chi connectivity index (χ4v) is 2.27. The van der Waals surface area contributed by atoms with E-state index in [1.165, 1.54) is 0 Å².